The van der Waals surface area contributed by atoms with Gasteiger partial charge in [-0.15, -0.1) is 0 Å². The molecule has 0 aromatic rings. The summed E-state index contributed by atoms with van der Waals surface area (Å²) in [5.41, 5.74) is 0.766. The Morgan fingerprint density at radius 1 is 1.54 bits per heavy atom. The first-order valence-corrected chi connectivity index (χ1v) is 4.41. The largest absolute Gasteiger partial charge is 0.458 e. The van der Waals surface area contributed by atoms with Crippen molar-refractivity contribution < 1.29 is 14.8 Å². The summed E-state index contributed by atoms with van der Waals surface area (Å²) < 4.78 is 0. The fourth-order valence-corrected chi connectivity index (χ4v) is 1.36. The average Bonchev–Trinajstić information content (AvgIpc) is 2.03. The first-order valence-electron chi connectivity index (χ1n) is 4.41. The Labute approximate surface area is 77.9 Å². The van der Waals surface area contributed by atoms with Crippen LogP contribution in [0.1, 0.15) is 19.3 Å². The Bertz CT molecular complexity index is 233. The number of carbonyl (C=O) groups is 1. The predicted octanol–water partition coefficient (Wildman–Crippen LogP) is 0.695. The number of allylic oxidation sites excluding steroid dienone is 4. The number of hydrogen-bond donors (Lipinski definition) is 2. The SMILES string of the molecule is O=C/C1=C/CCC(B(O)O)/C=C\C1. The van der Waals surface area contributed by atoms with Crippen LogP contribution in [0.15, 0.2) is 23.8 Å². The quantitative estimate of drug-likeness (QED) is 0.373. The van der Waals surface area contributed by atoms with Crippen molar-refractivity contribution in [3.05, 3.63) is 23.8 Å². The van der Waals surface area contributed by atoms with Gasteiger partial charge in [-0.05, 0) is 24.8 Å². The Kier molecular flexibility index (Phi) is 3.92. The minimum atomic E-state index is -1.29. The van der Waals surface area contributed by atoms with Crippen LogP contribution in [0.3, 0.4) is 0 Å². The van der Waals surface area contributed by atoms with Crippen LogP contribution in [0.2, 0.25) is 5.82 Å². The van der Waals surface area contributed by atoms with E-state index >= 15 is 0 Å². The molecule has 0 bridgehead atoms. The van der Waals surface area contributed by atoms with Crippen molar-refractivity contribution in [2.75, 3.05) is 0 Å². The molecule has 70 valence electrons. The predicted molar refractivity (Wildman–Crippen MR) is 51.1 cm³/mol. The number of rotatable bonds is 2. The van der Waals surface area contributed by atoms with Crippen LogP contribution in [0.5, 0.6) is 0 Å². The molecular formula is C9H13BO3. The Balaban J connectivity index is 2.57. The molecule has 0 aromatic heterocycles. The molecule has 0 heterocycles. The maximum absolute atomic E-state index is 10.4. The fraction of sp³-hybridized carbons (Fsp3) is 0.444. The van der Waals surface area contributed by atoms with Crippen LogP contribution in [-0.4, -0.2) is 23.5 Å². The molecule has 0 aromatic carbocycles. The second-order valence-corrected chi connectivity index (χ2v) is 3.18. The molecule has 4 heteroatoms. The maximum atomic E-state index is 10.4. The highest BCUT2D eigenvalue weighted by molar-refractivity contribution is 6.43. The molecule has 0 saturated heterocycles. The second kappa shape index (κ2) is 4.99. The normalized spacial score (nSPS) is 29.4. The van der Waals surface area contributed by atoms with Gasteiger partial charge in [0.05, 0.1) is 0 Å². The molecule has 0 aliphatic heterocycles. The van der Waals surface area contributed by atoms with E-state index in [-0.39, 0.29) is 5.82 Å². The lowest BCUT2D eigenvalue weighted by Gasteiger charge is -2.11. The zero-order chi connectivity index (χ0) is 9.68. The molecule has 0 amide bonds. The summed E-state index contributed by atoms with van der Waals surface area (Å²) in [5.74, 6) is -0.204. The van der Waals surface area contributed by atoms with Gasteiger partial charge >= 0.3 is 7.12 Å². The van der Waals surface area contributed by atoms with E-state index in [2.05, 4.69) is 0 Å². The first kappa shape index (κ1) is 10.2. The highest BCUT2D eigenvalue weighted by atomic mass is 16.4. The summed E-state index contributed by atoms with van der Waals surface area (Å²) >= 11 is 0. The average molecular weight is 180 g/mol. The van der Waals surface area contributed by atoms with Gasteiger partial charge in [0.1, 0.15) is 6.29 Å². The van der Waals surface area contributed by atoms with E-state index in [0.29, 0.717) is 12.8 Å². The molecule has 3 nitrogen and oxygen atoms in total. The Hall–Kier alpha value is -0.865. The molecule has 1 aliphatic carbocycles. The summed E-state index contributed by atoms with van der Waals surface area (Å²) in [5, 5.41) is 17.9. The van der Waals surface area contributed by atoms with Crippen LogP contribution in [0, 0.1) is 0 Å². The topological polar surface area (TPSA) is 57.5 Å². The molecule has 0 radical (unpaired) electrons. The van der Waals surface area contributed by atoms with Crippen molar-refractivity contribution in [3.63, 3.8) is 0 Å². The van der Waals surface area contributed by atoms with Crippen LogP contribution in [0.25, 0.3) is 0 Å². The van der Waals surface area contributed by atoms with Crippen LogP contribution >= 0.6 is 0 Å². The zero-order valence-electron chi connectivity index (χ0n) is 7.39. The van der Waals surface area contributed by atoms with E-state index < -0.39 is 7.12 Å². The molecule has 1 aliphatic rings. The number of carbonyl (C=O) groups excluding carboxylic acids is 1. The van der Waals surface area contributed by atoms with Gasteiger partial charge in [-0.25, -0.2) is 0 Å². The van der Waals surface area contributed by atoms with E-state index in [4.69, 9.17) is 10.0 Å². The third-order valence-electron chi connectivity index (χ3n) is 2.18. The maximum Gasteiger partial charge on any atom is 0.458 e. The molecule has 1 rings (SSSR count). The molecular weight excluding hydrogens is 167 g/mol. The van der Waals surface area contributed by atoms with E-state index in [9.17, 15) is 4.79 Å². The van der Waals surface area contributed by atoms with Gasteiger partial charge in [0, 0.05) is 5.82 Å². The molecule has 0 saturated carbocycles. The molecule has 1 atom stereocenters. The second-order valence-electron chi connectivity index (χ2n) is 3.18. The molecule has 0 fully saturated rings. The molecule has 1 unspecified atom stereocenters. The lowest BCUT2D eigenvalue weighted by molar-refractivity contribution is -0.105. The third kappa shape index (κ3) is 3.16. The molecule has 2 N–H and O–H groups in total. The summed E-state index contributed by atoms with van der Waals surface area (Å²) in [4.78, 5) is 10.4. The third-order valence-corrected chi connectivity index (χ3v) is 2.18. The number of aldehydes is 1. The summed E-state index contributed by atoms with van der Waals surface area (Å²) in [6.45, 7) is 0. The van der Waals surface area contributed by atoms with E-state index in [1.165, 1.54) is 0 Å². The van der Waals surface area contributed by atoms with Gasteiger partial charge in [0.15, 0.2) is 0 Å². The van der Waals surface area contributed by atoms with E-state index in [1.54, 1.807) is 6.08 Å². The van der Waals surface area contributed by atoms with E-state index in [0.717, 1.165) is 18.3 Å². The fourth-order valence-electron chi connectivity index (χ4n) is 1.36. The summed E-state index contributed by atoms with van der Waals surface area (Å²) in [7, 11) is -1.29. The lowest BCUT2D eigenvalue weighted by Crippen LogP contribution is -2.18. The van der Waals surface area contributed by atoms with E-state index in [1.807, 2.05) is 12.2 Å². The first-order chi connectivity index (χ1) is 6.24. The van der Waals surface area contributed by atoms with Gasteiger partial charge in [0.2, 0.25) is 0 Å². The zero-order valence-corrected chi connectivity index (χ0v) is 7.39. The van der Waals surface area contributed by atoms with Crippen molar-refractivity contribution in [1.29, 1.82) is 0 Å². The van der Waals surface area contributed by atoms with Gasteiger partial charge in [-0.1, -0.05) is 18.2 Å². The molecule has 13 heavy (non-hydrogen) atoms. The highest BCUT2D eigenvalue weighted by Crippen LogP contribution is 2.21. The summed E-state index contributed by atoms with van der Waals surface area (Å²) in [6, 6.07) is 0. The van der Waals surface area contributed by atoms with Gasteiger partial charge in [-0.3, -0.25) is 4.79 Å². The summed E-state index contributed by atoms with van der Waals surface area (Å²) in [6.07, 6.45) is 8.26. The highest BCUT2D eigenvalue weighted by Gasteiger charge is 2.20. The van der Waals surface area contributed by atoms with Crippen LogP contribution < -0.4 is 0 Å². The van der Waals surface area contributed by atoms with Gasteiger partial charge < -0.3 is 10.0 Å². The standard InChI is InChI=1S/C9H13BO3/c11-7-8-3-1-5-9(10(12)13)6-2-4-8/h1,4-5,7,9,12-13H,2-3,6H2/b5-1-,8-4+. The Morgan fingerprint density at radius 3 is 2.92 bits per heavy atom. The van der Waals surface area contributed by atoms with Crippen molar-refractivity contribution >= 4 is 13.4 Å². The lowest BCUT2D eigenvalue weighted by atomic mass is 9.69. The van der Waals surface area contributed by atoms with Crippen molar-refractivity contribution in [2.24, 2.45) is 0 Å². The molecule has 0 spiro atoms. The van der Waals surface area contributed by atoms with Crippen LogP contribution in [0.4, 0.5) is 0 Å². The van der Waals surface area contributed by atoms with Crippen molar-refractivity contribution in [2.45, 2.75) is 25.1 Å². The Morgan fingerprint density at radius 2 is 2.31 bits per heavy atom. The smallest absolute Gasteiger partial charge is 0.427 e. The minimum Gasteiger partial charge on any atom is -0.427 e. The van der Waals surface area contributed by atoms with Gasteiger partial charge in [0.25, 0.3) is 0 Å². The van der Waals surface area contributed by atoms with Crippen LogP contribution in [-0.2, 0) is 4.79 Å². The van der Waals surface area contributed by atoms with Crippen molar-refractivity contribution in [1.82, 2.24) is 0 Å². The number of hydrogen-bond acceptors (Lipinski definition) is 3. The minimum absolute atomic E-state index is 0.204. The van der Waals surface area contributed by atoms with Crippen molar-refractivity contribution in [3.8, 4) is 0 Å². The van der Waals surface area contributed by atoms with Gasteiger partial charge in [-0.2, -0.15) is 0 Å². The monoisotopic (exact) mass is 180 g/mol.